The van der Waals surface area contributed by atoms with E-state index in [1.165, 1.54) is 7.11 Å². The number of aldehydes is 1. The minimum Gasteiger partial charge on any atom is -0.481 e. The molecule has 0 amide bonds. The molecule has 0 unspecified atom stereocenters. The second-order valence-electron chi connectivity index (χ2n) is 3.60. The molecule has 0 saturated heterocycles. The number of rotatable bonds is 4. The maximum absolute atomic E-state index is 12.2. The smallest absolute Gasteiger partial charge is 0.213 e. The van der Waals surface area contributed by atoms with Crippen molar-refractivity contribution in [2.45, 2.75) is 0 Å². The van der Waals surface area contributed by atoms with Crippen molar-refractivity contribution in [2.75, 3.05) is 7.11 Å². The summed E-state index contributed by atoms with van der Waals surface area (Å²) < 4.78 is 4.92. The minimum absolute atomic E-state index is 0.0863. The van der Waals surface area contributed by atoms with E-state index in [2.05, 4.69) is 4.98 Å². The third-order valence-electron chi connectivity index (χ3n) is 2.50. The van der Waals surface area contributed by atoms with Crippen molar-refractivity contribution in [3.63, 3.8) is 0 Å². The highest BCUT2D eigenvalue weighted by Gasteiger charge is 2.15. The molecule has 1 aromatic carbocycles. The van der Waals surface area contributed by atoms with Gasteiger partial charge in [-0.25, -0.2) is 4.98 Å². The first-order chi connectivity index (χ1) is 8.76. The molecule has 2 aromatic rings. The predicted octanol–water partition coefficient (Wildman–Crippen LogP) is 2.13. The van der Waals surface area contributed by atoms with Crippen LogP contribution in [0.4, 0.5) is 0 Å². The Kier molecular flexibility index (Phi) is 3.48. The Bertz CT molecular complexity index is 579. The summed E-state index contributed by atoms with van der Waals surface area (Å²) in [6.45, 7) is 0. The summed E-state index contributed by atoms with van der Waals surface area (Å²) in [6.07, 6.45) is 0.554. The monoisotopic (exact) mass is 241 g/mol. The number of benzene rings is 1. The van der Waals surface area contributed by atoms with Crippen LogP contribution in [0.2, 0.25) is 0 Å². The van der Waals surface area contributed by atoms with Gasteiger partial charge in [0.25, 0.3) is 0 Å². The molecule has 4 nitrogen and oxygen atoms in total. The molecule has 0 N–H and O–H groups in total. The second kappa shape index (κ2) is 5.23. The Morgan fingerprint density at radius 2 is 1.89 bits per heavy atom. The van der Waals surface area contributed by atoms with Crippen LogP contribution < -0.4 is 4.74 Å². The molecule has 0 aliphatic carbocycles. The fourth-order valence-electron chi connectivity index (χ4n) is 1.60. The van der Waals surface area contributed by atoms with E-state index in [0.717, 1.165) is 0 Å². The number of aromatic nitrogens is 1. The Labute approximate surface area is 104 Å². The number of nitrogens with zero attached hydrogens (tertiary/aromatic N) is 1. The zero-order valence-electron chi connectivity index (χ0n) is 9.79. The van der Waals surface area contributed by atoms with Crippen LogP contribution in [0, 0.1) is 0 Å². The molecule has 0 atom stereocenters. The first kappa shape index (κ1) is 12.0. The van der Waals surface area contributed by atoms with Gasteiger partial charge in [-0.3, -0.25) is 9.59 Å². The van der Waals surface area contributed by atoms with Crippen molar-refractivity contribution in [3.05, 3.63) is 59.3 Å². The van der Waals surface area contributed by atoms with Crippen molar-refractivity contribution >= 4 is 12.1 Å². The molecule has 0 aliphatic heterocycles. The topological polar surface area (TPSA) is 56.3 Å². The molecule has 1 aromatic heterocycles. The highest BCUT2D eigenvalue weighted by atomic mass is 16.5. The second-order valence-corrected chi connectivity index (χ2v) is 3.60. The van der Waals surface area contributed by atoms with Crippen LogP contribution in [0.3, 0.4) is 0 Å². The number of pyridine rings is 1. The van der Waals surface area contributed by atoms with Gasteiger partial charge in [-0.05, 0) is 6.07 Å². The fraction of sp³-hybridized carbons (Fsp3) is 0.0714. The van der Waals surface area contributed by atoms with Gasteiger partial charge in [-0.2, -0.15) is 0 Å². The number of ether oxygens (including phenoxy) is 1. The first-order valence-corrected chi connectivity index (χ1v) is 5.36. The average Bonchev–Trinajstić information content (AvgIpc) is 2.46. The SMILES string of the molecule is COc1ccc(C(=O)c2ccccc2)c(C=O)n1. The molecule has 0 radical (unpaired) electrons. The van der Waals surface area contributed by atoms with Gasteiger partial charge >= 0.3 is 0 Å². The summed E-state index contributed by atoms with van der Waals surface area (Å²) in [4.78, 5) is 27.1. The first-order valence-electron chi connectivity index (χ1n) is 5.36. The lowest BCUT2D eigenvalue weighted by Gasteiger charge is -2.05. The Morgan fingerprint density at radius 1 is 1.17 bits per heavy atom. The van der Waals surface area contributed by atoms with E-state index in [-0.39, 0.29) is 17.0 Å². The molecular formula is C14H11NO3. The molecule has 18 heavy (non-hydrogen) atoms. The van der Waals surface area contributed by atoms with E-state index in [1.807, 2.05) is 6.07 Å². The zero-order valence-corrected chi connectivity index (χ0v) is 9.79. The number of carbonyl (C=O) groups excluding carboxylic acids is 2. The van der Waals surface area contributed by atoms with Gasteiger partial charge in [-0.15, -0.1) is 0 Å². The van der Waals surface area contributed by atoms with Crippen LogP contribution in [0.1, 0.15) is 26.4 Å². The Hall–Kier alpha value is -2.49. The van der Waals surface area contributed by atoms with Crippen LogP contribution in [-0.4, -0.2) is 24.2 Å². The average molecular weight is 241 g/mol. The van der Waals surface area contributed by atoms with Crippen molar-refractivity contribution in [1.82, 2.24) is 4.98 Å². The lowest BCUT2D eigenvalue weighted by Crippen LogP contribution is -2.07. The summed E-state index contributed by atoms with van der Waals surface area (Å²) in [7, 11) is 1.45. The van der Waals surface area contributed by atoms with Gasteiger partial charge in [0.15, 0.2) is 12.1 Å². The summed E-state index contributed by atoms with van der Waals surface area (Å²) in [5.41, 5.74) is 0.882. The Balaban J connectivity index is 2.45. The maximum atomic E-state index is 12.2. The van der Waals surface area contributed by atoms with Crippen molar-refractivity contribution < 1.29 is 14.3 Å². The van der Waals surface area contributed by atoms with Crippen LogP contribution >= 0.6 is 0 Å². The van der Waals surface area contributed by atoms with Gasteiger partial charge in [0.2, 0.25) is 5.88 Å². The van der Waals surface area contributed by atoms with Gasteiger partial charge in [-0.1, -0.05) is 30.3 Å². The summed E-state index contributed by atoms with van der Waals surface area (Å²) in [5.74, 6) is 0.0783. The van der Waals surface area contributed by atoms with E-state index >= 15 is 0 Å². The van der Waals surface area contributed by atoms with Crippen molar-refractivity contribution in [2.24, 2.45) is 0 Å². The molecule has 1 heterocycles. The minimum atomic E-state index is -0.229. The number of hydrogen-bond acceptors (Lipinski definition) is 4. The number of hydrogen-bond donors (Lipinski definition) is 0. The number of methoxy groups -OCH3 is 1. The third kappa shape index (κ3) is 2.27. The molecule has 90 valence electrons. The zero-order chi connectivity index (χ0) is 13.0. The number of ketones is 1. The standard InChI is InChI=1S/C14H11NO3/c1-18-13-8-7-11(12(9-16)15-13)14(17)10-5-3-2-4-6-10/h2-9H,1H3. The van der Waals surface area contributed by atoms with Gasteiger partial charge in [0.1, 0.15) is 5.69 Å². The van der Waals surface area contributed by atoms with Crippen LogP contribution in [0.5, 0.6) is 5.88 Å². The van der Waals surface area contributed by atoms with Gasteiger partial charge in [0, 0.05) is 11.6 Å². The molecule has 0 saturated carbocycles. The largest absolute Gasteiger partial charge is 0.481 e. The molecule has 0 aliphatic rings. The quantitative estimate of drug-likeness (QED) is 0.607. The van der Waals surface area contributed by atoms with Crippen LogP contribution in [0.15, 0.2) is 42.5 Å². The van der Waals surface area contributed by atoms with Crippen LogP contribution in [-0.2, 0) is 0 Å². The lowest BCUT2D eigenvalue weighted by molar-refractivity contribution is 0.102. The molecule has 0 spiro atoms. The maximum Gasteiger partial charge on any atom is 0.213 e. The van der Waals surface area contributed by atoms with Crippen molar-refractivity contribution in [3.8, 4) is 5.88 Å². The number of carbonyl (C=O) groups is 2. The van der Waals surface area contributed by atoms with Gasteiger partial charge < -0.3 is 4.74 Å². The lowest BCUT2D eigenvalue weighted by atomic mass is 10.0. The normalized spacial score (nSPS) is 9.83. The predicted molar refractivity (Wildman–Crippen MR) is 66.1 cm³/mol. The highest BCUT2D eigenvalue weighted by Crippen LogP contribution is 2.15. The molecule has 4 heteroatoms. The molecule has 2 rings (SSSR count). The molecular weight excluding hydrogens is 230 g/mol. The van der Waals surface area contributed by atoms with Crippen molar-refractivity contribution in [1.29, 1.82) is 0 Å². The summed E-state index contributed by atoms with van der Waals surface area (Å²) in [5, 5.41) is 0. The summed E-state index contributed by atoms with van der Waals surface area (Å²) >= 11 is 0. The van der Waals surface area contributed by atoms with E-state index in [4.69, 9.17) is 4.74 Å². The highest BCUT2D eigenvalue weighted by molar-refractivity contribution is 6.12. The molecule has 0 fully saturated rings. The molecule has 0 bridgehead atoms. The third-order valence-corrected chi connectivity index (χ3v) is 2.50. The van der Waals surface area contributed by atoms with Crippen LogP contribution in [0.25, 0.3) is 0 Å². The van der Waals surface area contributed by atoms with E-state index in [1.54, 1.807) is 36.4 Å². The summed E-state index contributed by atoms with van der Waals surface area (Å²) in [6, 6.07) is 11.9. The van der Waals surface area contributed by atoms with Gasteiger partial charge in [0.05, 0.1) is 12.7 Å². The van der Waals surface area contributed by atoms with E-state index < -0.39 is 0 Å². The Morgan fingerprint density at radius 3 is 2.50 bits per heavy atom. The van der Waals surface area contributed by atoms with E-state index in [9.17, 15) is 9.59 Å². The van der Waals surface area contributed by atoms with E-state index in [0.29, 0.717) is 17.7 Å². The fourth-order valence-corrected chi connectivity index (χ4v) is 1.60.